The van der Waals surface area contributed by atoms with Crippen molar-refractivity contribution in [3.8, 4) is 0 Å². The Kier molecular flexibility index (Phi) is 5.19. The molecule has 1 N–H and O–H groups in total. The Balaban J connectivity index is 2.13. The van der Waals surface area contributed by atoms with Gasteiger partial charge in [-0.2, -0.15) is 0 Å². The van der Waals surface area contributed by atoms with Crippen LogP contribution in [0, 0.1) is 23.6 Å². The van der Waals surface area contributed by atoms with Crippen LogP contribution in [0.25, 0.3) is 0 Å². The number of carboxylic acids is 1. The Morgan fingerprint density at radius 2 is 2.20 bits per heavy atom. The van der Waals surface area contributed by atoms with Crippen LogP contribution in [0.15, 0.2) is 22.7 Å². The third kappa shape index (κ3) is 3.60. The van der Waals surface area contributed by atoms with Crippen LogP contribution in [0.1, 0.15) is 38.2 Å². The van der Waals surface area contributed by atoms with E-state index < -0.39 is 5.97 Å². The molecule has 0 aliphatic heterocycles. The van der Waals surface area contributed by atoms with Crippen LogP contribution in [0.5, 0.6) is 0 Å². The number of rotatable bonds is 4. The molecule has 1 aromatic rings. The SMILES string of the molecule is CCC1CCC(C(=O)O)C(Cc2ccc(F)c(Br)c2)C1. The van der Waals surface area contributed by atoms with E-state index in [1.807, 2.05) is 0 Å². The third-order valence-corrected chi connectivity index (χ3v) is 5.08. The van der Waals surface area contributed by atoms with Gasteiger partial charge in [0.2, 0.25) is 0 Å². The quantitative estimate of drug-likeness (QED) is 0.863. The Bertz CT molecular complexity index is 489. The molecule has 20 heavy (non-hydrogen) atoms. The van der Waals surface area contributed by atoms with Crippen molar-refractivity contribution in [2.75, 3.05) is 0 Å². The maximum Gasteiger partial charge on any atom is 0.306 e. The zero-order valence-corrected chi connectivity index (χ0v) is 13.2. The Morgan fingerprint density at radius 3 is 2.80 bits per heavy atom. The number of hydrogen-bond acceptors (Lipinski definition) is 1. The van der Waals surface area contributed by atoms with E-state index in [0.717, 1.165) is 31.2 Å². The average Bonchev–Trinajstić information content (AvgIpc) is 2.42. The molecule has 0 aromatic heterocycles. The van der Waals surface area contributed by atoms with Gasteiger partial charge in [0.25, 0.3) is 0 Å². The second-order valence-electron chi connectivity index (χ2n) is 5.74. The lowest BCUT2D eigenvalue weighted by molar-refractivity contribution is -0.145. The first-order valence-corrected chi connectivity index (χ1v) is 7.97. The predicted octanol–water partition coefficient (Wildman–Crippen LogP) is 4.66. The van der Waals surface area contributed by atoms with Gasteiger partial charge in [-0.1, -0.05) is 19.4 Å². The van der Waals surface area contributed by atoms with Crippen molar-refractivity contribution in [1.82, 2.24) is 0 Å². The van der Waals surface area contributed by atoms with Gasteiger partial charge < -0.3 is 5.11 Å². The van der Waals surface area contributed by atoms with Crippen LogP contribution in [-0.2, 0) is 11.2 Å². The van der Waals surface area contributed by atoms with Gasteiger partial charge in [0.05, 0.1) is 10.4 Å². The molecule has 2 nitrogen and oxygen atoms in total. The minimum absolute atomic E-state index is 0.156. The number of aliphatic carboxylic acids is 1. The molecule has 110 valence electrons. The minimum atomic E-state index is -0.689. The van der Waals surface area contributed by atoms with Gasteiger partial charge in [0.15, 0.2) is 0 Å². The number of hydrogen-bond donors (Lipinski definition) is 1. The van der Waals surface area contributed by atoms with Crippen molar-refractivity contribution in [3.05, 3.63) is 34.1 Å². The van der Waals surface area contributed by atoms with E-state index in [1.54, 1.807) is 12.1 Å². The molecular weight excluding hydrogens is 323 g/mol. The Morgan fingerprint density at radius 1 is 1.45 bits per heavy atom. The highest BCUT2D eigenvalue weighted by Gasteiger charge is 2.34. The van der Waals surface area contributed by atoms with Crippen molar-refractivity contribution in [1.29, 1.82) is 0 Å². The average molecular weight is 343 g/mol. The molecule has 3 unspecified atom stereocenters. The molecule has 0 heterocycles. The molecule has 1 fully saturated rings. The second kappa shape index (κ2) is 6.70. The molecule has 1 saturated carbocycles. The van der Waals surface area contributed by atoms with E-state index in [9.17, 15) is 14.3 Å². The van der Waals surface area contributed by atoms with Crippen LogP contribution in [-0.4, -0.2) is 11.1 Å². The zero-order chi connectivity index (χ0) is 14.7. The topological polar surface area (TPSA) is 37.3 Å². The highest BCUT2D eigenvalue weighted by molar-refractivity contribution is 9.10. The van der Waals surface area contributed by atoms with Crippen LogP contribution in [0.3, 0.4) is 0 Å². The molecule has 0 bridgehead atoms. The fraction of sp³-hybridized carbons (Fsp3) is 0.562. The largest absolute Gasteiger partial charge is 0.481 e. The molecule has 0 spiro atoms. The summed E-state index contributed by atoms with van der Waals surface area (Å²) in [4.78, 5) is 11.4. The van der Waals surface area contributed by atoms with Crippen molar-refractivity contribution in [2.24, 2.45) is 17.8 Å². The number of halogens is 2. The molecule has 1 aliphatic carbocycles. The highest BCUT2D eigenvalue weighted by atomic mass is 79.9. The van der Waals surface area contributed by atoms with Crippen molar-refractivity contribution >= 4 is 21.9 Å². The summed E-state index contributed by atoms with van der Waals surface area (Å²) in [7, 11) is 0. The number of benzene rings is 1. The van der Waals surface area contributed by atoms with Crippen LogP contribution < -0.4 is 0 Å². The van der Waals surface area contributed by atoms with Crippen molar-refractivity contribution < 1.29 is 14.3 Å². The summed E-state index contributed by atoms with van der Waals surface area (Å²) in [6.07, 6.45) is 4.56. The fourth-order valence-electron chi connectivity index (χ4n) is 3.25. The van der Waals surface area contributed by atoms with Gasteiger partial charge in [0.1, 0.15) is 5.82 Å². The van der Waals surface area contributed by atoms with E-state index in [0.29, 0.717) is 16.8 Å². The van der Waals surface area contributed by atoms with E-state index in [4.69, 9.17) is 0 Å². The molecule has 3 atom stereocenters. The maximum absolute atomic E-state index is 13.3. The van der Waals surface area contributed by atoms with Crippen LogP contribution in [0.4, 0.5) is 4.39 Å². The fourth-order valence-corrected chi connectivity index (χ4v) is 3.68. The van der Waals surface area contributed by atoms with Gasteiger partial charge >= 0.3 is 5.97 Å². The summed E-state index contributed by atoms with van der Waals surface area (Å²) < 4.78 is 13.7. The van der Waals surface area contributed by atoms with Gasteiger partial charge in [0, 0.05) is 0 Å². The summed E-state index contributed by atoms with van der Waals surface area (Å²) in [5, 5.41) is 9.38. The lowest BCUT2D eigenvalue weighted by Gasteiger charge is -2.33. The van der Waals surface area contributed by atoms with Crippen LogP contribution >= 0.6 is 15.9 Å². The van der Waals surface area contributed by atoms with E-state index in [1.165, 1.54) is 6.07 Å². The number of carboxylic acid groups (broad SMARTS) is 1. The summed E-state index contributed by atoms with van der Waals surface area (Å²) in [6, 6.07) is 4.97. The molecule has 0 amide bonds. The summed E-state index contributed by atoms with van der Waals surface area (Å²) >= 11 is 3.19. The normalized spacial score (nSPS) is 26.4. The standard InChI is InChI=1S/C16H20BrFO2/c1-2-10-3-5-13(16(19)20)12(7-10)8-11-4-6-15(18)14(17)9-11/h4,6,9-10,12-13H,2-3,5,7-8H2,1H3,(H,19,20). The smallest absolute Gasteiger partial charge is 0.306 e. The highest BCUT2D eigenvalue weighted by Crippen LogP contribution is 2.37. The van der Waals surface area contributed by atoms with Crippen LogP contribution in [0.2, 0.25) is 0 Å². The molecule has 0 saturated heterocycles. The van der Waals surface area contributed by atoms with Crippen molar-refractivity contribution in [2.45, 2.75) is 39.0 Å². The molecule has 4 heteroatoms. The lowest BCUT2D eigenvalue weighted by atomic mass is 9.71. The van der Waals surface area contributed by atoms with Gasteiger partial charge in [-0.3, -0.25) is 4.79 Å². The van der Waals surface area contributed by atoms with E-state index in [-0.39, 0.29) is 17.7 Å². The first-order valence-electron chi connectivity index (χ1n) is 7.18. The van der Waals surface area contributed by atoms with E-state index >= 15 is 0 Å². The summed E-state index contributed by atoms with van der Waals surface area (Å²) in [6.45, 7) is 2.16. The monoisotopic (exact) mass is 342 g/mol. The lowest BCUT2D eigenvalue weighted by Crippen LogP contribution is -2.31. The summed E-state index contributed by atoms with van der Waals surface area (Å²) in [5.41, 5.74) is 1.01. The van der Waals surface area contributed by atoms with Gasteiger partial charge in [-0.05, 0) is 71.1 Å². The minimum Gasteiger partial charge on any atom is -0.481 e. The Hall–Kier alpha value is -0.900. The first kappa shape index (κ1) is 15.5. The first-order chi connectivity index (χ1) is 9.51. The maximum atomic E-state index is 13.3. The predicted molar refractivity (Wildman–Crippen MR) is 80.1 cm³/mol. The molecule has 2 rings (SSSR count). The zero-order valence-electron chi connectivity index (χ0n) is 11.6. The molecular formula is C16H20BrFO2. The van der Waals surface area contributed by atoms with Crippen molar-refractivity contribution in [3.63, 3.8) is 0 Å². The molecule has 1 aliphatic rings. The van der Waals surface area contributed by atoms with Gasteiger partial charge in [-0.25, -0.2) is 4.39 Å². The molecule has 1 aromatic carbocycles. The van der Waals surface area contributed by atoms with Gasteiger partial charge in [-0.15, -0.1) is 0 Å². The Labute approximate surface area is 127 Å². The second-order valence-corrected chi connectivity index (χ2v) is 6.60. The number of carbonyl (C=O) groups is 1. The third-order valence-electron chi connectivity index (χ3n) is 4.47. The van der Waals surface area contributed by atoms with E-state index in [2.05, 4.69) is 22.9 Å². The summed E-state index contributed by atoms with van der Waals surface area (Å²) in [5.74, 6) is -0.450. The molecule has 0 radical (unpaired) electrons.